The van der Waals surface area contributed by atoms with Gasteiger partial charge in [-0.05, 0) is 49.9 Å². The lowest BCUT2D eigenvalue weighted by Crippen LogP contribution is -2.49. The van der Waals surface area contributed by atoms with Gasteiger partial charge in [0.2, 0.25) is 11.8 Å². The molecule has 0 radical (unpaired) electrons. The molecule has 0 saturated carbocycles. The standard InChI is InChI=1S/C23H35FN6O2.HI/c1-2-26-23(30-11-3-4-18(17-30)16-21(25)31)27-10-9-22(32)29-14-12-28(13-15-29)20-7-5-19(24)6-8-20;/h5-8,18H,2-4,9-17H2,1H3,(H2,25,31)(H,26,27);1H. The molecule has 1 atom stereocenters. The minimum atomic E-state index is -0.260. The van der Waals surface area contributed by atoms with Gasteiger partial charge in [0, 0.05) is 64.3 Å². The molecule has 0 aromatic heterocycles. The Bertz CT molecular complexity index is 799. The number of anilines is 1. The third-order valence-electron chi connectivity index (χ3n) is 6.05. The third kappa shape index (κ3) is 8.31. The van der Waals surface area contributed by atoms with Gasteiger partial charge in [-0.1, -0.05) is 0 Å². The molecule has 8 nitrogen and oxygen atoms in total. The summed E-state index contributed by atoms with van der Waals surface area (Å²) >= 11 is 0. The van der Waals surface area contributed by atoms with Gasteiger partial charge in [0.15, 0.2) is 5.96 Å². The number of likely N-dealkylation sites (tertiary alicyclic amines) is 1. The Hall–Kier alpha value is -2.11. The molecule has 3 rings (SSSR count). The first-order valence-corrected chi connectivity index (χ1v) is 11.6. The molecule has 1 aromatic rings. The van der Waals surface area contributed by atoms with Gasteiger partial charge in [-0.25, -0.2) is 4.39 Å². The van der Waals surface area contributed by atoms with Crippen molar-refractivity contribution in [2.24, 2.45) is 16.6 Å². The molecule has 2 fully saturated rings. The first kappa shape index (κ1) is 27.1. The Morgan fingerprint density at radius 2 is 1.82 bits per heavy atom. The molecule has 2 saturated heterocycles. The van der Waals surface area contributed by atoms with Crippen LogP contribution >= 0.6 is 24.0 Å². The number of nitrogens with one attached hydrogen (secondary N) is 1. The third-order valence-corrected chi connectivity index (χ3v) is 6.05. The first-order chi connectivity index (χ1) is 15.5. The number of nitrogens with zero attached hydrogens (tertiary/aromatic N) is 4. The maximum absolute atomic E-state index is 13.1. The van der Waals surface area contributed by atoms with E-state index in [1.807, 2.05) is 11.8 Å². The van der Waals surface area contributed by atoms with E-state index in [1.165, 1.54) is 12.1 Å². The van der Waals surface area contributed by atoms with Crippen molar-refractivity contribution in [2.75, 3.05) is 57.3 Å². The van der Waals surface area contributed by atoms with Gasteiger partial charge in [-0.2, -0.15) is 0 Å². The number of halogens is 2. The second-order valence-corrected chi connectivity index (χ2v) is 8.45. The van der Waals surface area contributed by atoms with E-state index in [9.17, 15) is 14.0 Å². The molecule has 0 spiro atoms. The minimum absolute atomic E-state index is 0. The summed E-state index contributed by atoms with van der Waals surface area (Å²) in [6.45, 7) is 7.62. The topological polar surface area (TPSA) is 94.3 Å². The summed E-state index contributed by atoms with van der Waals surface area (Å²) in [5.74, 6) is 0.658. The van der Waals surface area contributed by atoms with E-state index in [4.69, 9.17) is 5.73 Å². The van der Waals surface area contributed by atoms with Crippen molar-refractivity contribution in [3.8, 4) is 0 Å². The number of hydrogen-bond donors (Lipinski definition) is 2. The fraction of sp³-hybridized carbons (Fsp3) is 0.609. The maximum Gasteiger partial charge on any atom is 0.224 e. The predicted molar refractivity (Wildman–Crippen MR) is 139 cm³/mol. The van der Waals surface area contributed by atoms with Crippen LogP contribution in [-0.2, 0) is 9.59 Å². The zero-order valence-electron chi connectivity index (χ0n) is 19.3. The van der Waals surface area contributed by atoms with Crippen LogP contribution in [0.1, 0.15) is 32.6 Å². The molecule has 10 heteroatoms. The molecule has 2 amide bonds. The molecule has 1 aromatic carbocycles. The number of rotatable bonds is 7. The van der Waals surface area contributed by atoms with Crippen LogP contribution in [0, 0.1) is 11.7 Å². The Labute approximate surface area is 212 Å². The van der Waals surface area contributed by atoms with Crippen molar-refractivity contribution >= 4 is 47.4 Å². The summed E-state index contributed by atoms with van der Waals surface area (Å²) in [6, 6.07) is 6.48. The zero-order chi connectivity index (χ0) is 22.9. The second-order valence-electron chi connectivity index (χ2n) is 8.45. The van der Waals surface area contributed by atoms with E-state index in [2.05, 4.69) is 20.1 Å². The molecule has 184 valence electrons. The number of carbonyl (C=O) groups is 2. The number of carbonyl (C=O) groups excluding carboxylic acids is 2. The number of primary amides is 1. The summed E-state index contributed by atoms with van der Waals surface area (Å²) in [4.78, 5) is 34.9. The van der Waals surface area contributed by atoms with Crippen LogP contribution in [0.3, 0.4) is 0 Å². The van der Waals surface area contributed by atoms with Crippen molar-refractivity contribution in [3.63, 3.8) is 0 Å². The number of guanidine groups is 1. The lowest BCUT2D eigenvalue weighted by atomic mass is 9.95. The summed E-state index contributed by atoms with van der Waals surface area (Å²) in [6.07, 6.45) is 2.77. The summed E-state index contributed by atoms with van der Waals surface area (Å²) < 4.78 is 13.1. The molecular formula is C23H36FIN6O2. The molecule has 2 heterocycles. The molecule has 3 N–H and O–H groups in total. The van der Waals surface area contributed by atoms with Gasteiger partial charge >= 0.3 is 0 Å². The highest BCUT2D eigenvalue weighted by atomic mass is 127. The molecule has 2 aliphatic rings. The second kappa shape index (κ2) is 13.6. The van der Waals surface area contributed by atoms with Crippen molar-refractivity contribution in [1.82, 2.24) is 15.1 Å². The number of piperidine rings is 1. The van der Waals surface area contributed by atoms with Crippen LogP contribution in [0.2, 0.25) is 0 Å². The molecule has 0 bridgehead atoms. The smallest absolute Gasteiger partial charge is 0.224 e. The number of benzene rings is 1. The van der Waals surface area contributed by atoms with Crippen LogP contribution in [0.15, 0.2) is 29.3 Å². The van der Waals surface area contributed by atoms with Gasteiger partial charge < -0.3 is 25.8 Å². The number of piperazine rings is 1. The van der Waals surface area contributed by atoms with E-state index in [0.29, 0.717) is 32.5 Å². The minimum Gasteiger partial charge on any atom is -0.370 e. The van der Waals surface area contributed by atoms with Crippen LogP contribution in [-0.4, -0.2) is 79.9 Å². The molecule has 2 aliphatic heterocycles. The summed E-state index contributed by atoms with van der Waals surface area (Å²) in [5.41, 5.74) is 6.35. The Balaban J connectivity index is 0.00000385. The van der Waals surface area contributed by atoms with Gasteiger partial charge in [-0.3, -0.25) is 14.6 Å². The van der Waals surface area contributed by atoms with Crippen molar-refractivity contribution < 1.29 is 14.0 Å². The Kier molecular flexibility index (Phi) is 11.2. The Morgan fingerprint density at radius 3 is 2.45 bits per heavy atom. The zero-order valence-corrected chi connectivity index (χ0v) is 21.7. The van der Waals surface area contributed by atoms with Crippen molar-refractivity contribution in [1.29, 1.82) is 0 Å². The van der Waals surface area contributed by atoms with Gasteiger partial charge in [-0.15, -0.1) is 24.0 Å². The van der Waals surface area contributed by atoms with E-state index in [1.54, 1.807) is 12.1 Å². The average molecular weight is 574 g/mol. The van der Waals surface area contributed by atoms with Crippen molar-refractivity contribution in [2.45, 2.75) is 32.6 Å². The summed E-state index contributed by atoms with van der Waals surface area (Å²) in [5, 5.41) is 3.31. The fourth-order valence-corrected chi connectivity index (χ4v) is 4.42. The van der Waals surface area contributed by atoms with E-state index < -0.39 is 0 Å². The van der Waals surface area contributed by atoms with Gasteiger partial charge in [0.25, 0.3) is 0 Å². The quantitative estimate of drug-likeness (QED) is 0.296. The van der Waals surface area contributed by atoms with Crippen LogP contribution in [0.5, 0.6) is 0 Å². The highest BCUT2D eigenvalue weighted by molar-refractivity contribution is 14.0. The monoisotopic (exact) mass is 574 g/mol. The predicted octanol–water partition coefficient (Wildman–Crippen LogP) is 2.04. The van der Waals surface area contributed by atoms with E-state index in [-0.39, 0.29) is 47.5 Å². The van der Waals surface area contributed by atoms with Crippen molar-refractivity contribution in [3.05, 3.63) is 30.1 Å². The maximum atomic E-state index is 13.1. The number of hydrogen-bond acceptors (Lipinski definition) is 4. The number of nitrogens with two attached hydrogens (primary N) is 1. The van der Waals surface area contributed by atoms with Crippen LogP contribution in [0.4, 0.5) is 10.1 Å². The summed E-state index contributed by atoms with van der Waals surface area (Å²) in [7, 11) is 0. The highest BCUT2D eigenvalue weighted by Gasteiger charge is 2.24. The number of amides is 2. The Morgan fingerprint density at radius 1 is 1.12 bits per heavy atom. The molecule has 0 aliphatic carbocycles. The highest BCUT2D eigenvalue weighted by Crippen LogP contribution is 2.20. The molecular weight excluding hydrogens is 538 g/mol. The van der Waals surface area contributed by atoms with E-state index in [0.717, 1.165) is 57.2 Å². The normalized spacial score (nSPS) is 19.2. The number of aliphatic imine (C=N–C) groups is 1. The van der Waals surface area contributed by atoms with Crippen LogP contribution < -0.4 is 16.0 Å². The largest absolute Gasteiger partial charge is 0.370 e. The molecule has 1 unspecified atom stereocenters. The van der Waals surface area contributed by atoms with Gasteiger partial charge in [0.1, 0.15) is 5.82 Å². The lowest BCUT2D eigenvalue weighted by molar-refractivity contribution is -0.131. The van der Waals surface area contributed by atoms with E-state index >= 15 is 0 Å². The molecule has 33 heavy (non-hydrogen) atoms. The SMILES string of the molecule is CCNC(=NCCC(=O)N1CCN(c2ccc(F)cc2)CC1)N1CCCC(CC(N)=O)C1.I. The fourth-order valence-electron chi connectivity index (χ4n) is 4.42. The van der Waals surface area contributed by atoms with Crippen LogP contribution in [0.25, 0.3) is 0 Å². The van der Waals surface area contributed by atoms with Gasteiger partial charge in [0.05, 0.1) is 6.54 Å². The first-order valence-electron chi connectivity index (χ1n) is 11.6. The average Bonchev–Trinajstić information content (AvgIpc) is 2.79. The lowest BCUT2D eigenvalue weighted by Gasteiger charge is -2.36.